The Morgan fingerprint density at radius 1 is 1.12 bits per heavy atom. The largest absolute Gasteiger partial charge is 0.353 e. The fraction of sp³-hybridized carbons (Fsp3) is 0.0625. The maximum atomic E-state index is 11.6. The molecule has 0 amide bonds. The third-order valence-corrected chi connectivity index (χ3v) is 4.12. The summed E-state index contributed by atoms with van der Waals surface area (Å²) in [4.78, 5) is 23.2. The number of hydrogen-bond acceptors (Lipinski definition) is 7. The molecule has 2 heterocycles. The summed E-state index contributed by atoms with van der Waals surface area (Å²) in [5, 5.41) is 18.0. The van der Waals surface area contributed by atoms with Gasteiger partial charge in [-0.1, -0.05) is 11.6 Å². The van der Waals surface area contributed by atoms with Crippen molar-refractivity contribution in [1.82, 2.24) is 15.0 Å². The Morgan fingerprint density at radius 3 is 2.46 bits per heavy atom. The van der Waals surface area contributed by atoms with Gasteiger partial charge >= 0.3 is 5.69 Å². The molecule has 2 N–H and O–H groups in total. The molecule has 3 rings (SSSR count). The summed E-state index contributed by atoms with van der Waals surface area (Å²) >= 11 is 9.23. The molecule has 0 fully saturated rings. The van der Waals surface area contributed by atoms with Crippen LogP contribution in [0.2, 0.25) is 5.02 Å². The molecular weight excluding hydrogens is 424 g/mol. The van der Waals surface area contributed by atoms with E-state index in [1.54, 1.807) is 36.5 Å². The van der Waals surface area contributed by atoms with Crippen LogP contribution in [0.5, 0.6) is 0 Å². The van der Waals surface area contributed by atoms with E-state index in [0.29, 0.717) is 16.5 Å². The number of hydrogen-bond donors (Lipinski definition) is 2. The van der Waals surface area contributed by atoms with Crippen LogP contribution in [-0.4, -0.2) is 19.9 Å². The van der Waals surface area contributed by atoms with Gasteiger partial charge < -0.3 is 10.6 Å². The summed E-state index contributed by atoms with van der Waals surface area (Å²) < 4.78 is 0.792. The molecule has 0 unspecified atom stereocenters. The van der Waals surface area contributed by atoms with Gasteiger partial charge in [-0.15, -0.1) is 0 Å². The average Bonchev–Trinajstić information content (AvgIpc) is 2.59. The second kappa shape index (κ2) is 7.63. The first-order chi connectivity index (χ1) is 12.4. The predicted octanol–water partition coefficient (Wildman–Crippen LogP) is 4.99. The monoisotopic (exact) mass is 434 g/mol. The molecule has 0 aliphatic rings. The Balaban J connectivity index is 1.98. The molecule has 3 aromatic rings. The van der Waals surface area contributed by atoms with E-state index < -0.39 is 4.92 Å². The van der Waals surface area contributed by atoms with Crippen LogP contribution in [0, 0.1) is 17.0 Å². The minimum atomic E-state index is -0.547. The SMILES string of the molecule is Cc1cc(Cl)ccc1Nc1ncnc(Nc2ccc(Br)cn2)c1[N+](=O)[O-]. The zero-order chi connectivity index (χ0) is 18.7. The van der Waals surface area contributed by atoms with Gasteiger partial charge in [-0.3, -0.25) is 10.1 Å². The van der Waals surface area contributed by atoms with Crippen LogP contribution < -0.4 is 10.6 Å². The molecule has 26 heavy (non-hydrogen) atoms. The Bertz CT molecular complexity index is 967. The first-order valence-electron chi connectivity index (χ1n) is 7.35. The van der Waals surface area contributed by atoms with E-state index in [0.717, 1.165) is 10.0 Å². The predicted molar refractivity (Wildman–Crippen MR) is 103 cm³/mol. The number of benzene rings is 1. The van der Waals surface area contributed by atoms with Crippen LogP contribution in [0.3, 0.4) is 0 Å². The quantitative estimate of drug-likeness (QED) is 0.429. The topological polar surface area (TPSA) is 106 Å². The number of halogens is 2. The van der Waals surface area contributed by atoms with Gasteiger partial charge in [0.05, 0.1) is 4.92 Å². The minimum Gasteiger partial charge on any atom is -0.334 e. The number of pyridine rings is 1. The molecule has 0 spiro atoms. The molecule has 0 saturated carbocycles. The van der Waals surface area contributed by atoms with Gasteiger partial charge in [0.1, 0.15) is 12.1 Å². The molecule has 2 aromatic heterocycles. The summed E-state index contributed by atoms with van der Waals surface area (Å²) in [5.74, 6) is 0.521. The fourth-order valence-corrected chi connectivity index (χ4v) is 2.66. The number of aryl methyl sites for hydroxylation is 1. The van der Waals surface area contributed by atoms with E-state index in [1.807, 2.05) is 6.92 Å². The van der Waals surface area contributed by atoms with Crippen molar-refractivity contribution in [2.75, 3.05) is 10.6 Å². The van der Waals surface area contributed by atoms with Gasteiger partial charge in [-0.25, -0.2) is 15.0 Å². The van der Waals surface area contributed by atoms with Crippen LogP contribution >= 0.6 is 27.5 Å². The molecule has 1 aromatic carbocycles. The van der Waals surface area contributed by atoms with Crippen LogP contribution in [0.4, 0.5) is 28.8 Å². The van der Waals surface area contributed by atoms with E-state index in [9.17, 15) is 10.1 Å². The minimum absolute atomic E-state index is 0.0361. The van der Waals surface area contributed by atoms with Crippen molar-refractivity contribution in [2.45, 2.75) is 6.92 Å². The van der Waals surface area contributed by atoms with Crippen molar-refractivity contribution in [3.63, 3.8) is 0 Å². The molecule has 132 valence electrons. The lowest BCUT2D eigenvalue weighted by molar-refractivity contribution is -0.383. The second-order valence-electron chi connectivity index (χ2n) is 5.25. The third-order valence-electron chi connectivity index (χ3n) is 3.42. The van der Waals surface area contributed by atoms with E-state index >= 15 is 0 Å². The maximum absolute atomic E-state index is 11.6. The zero-order valence-corrected chi connectivity index (χ0v) is 15.7. The van der Waals surface area contributed by atoms with E-state index in [4.69, 9.17) is 11.6 Å². The van der Waals surface area contributed by atoms with Crippen LogP contribution in [-0.2, 0) is 0 Å². The van der Waals surface area contributed by atoms with Gasteiger partial charge in [0.25, 0.3) is 0 Å². The van der Waals surface area contributed by atoms with Crippen molar-refractivity contribution in [1.29, 1.82) is 0 Å². The van der Waals surface area contributed by atoms with Crippen molar-refractivity contribution < 1.29 is 4.92 Å². The Labute approximate surface area is 161 Å². The third kappa shape index (κ3) is 4.06. The Morgan fingerprint density at radius 2 is 1.85 bits per heavy atom. The molecule has 0 saturated heterocycles. The molecule has 0 aliphatic heterocycles. The van der Waals surface area contributed by atoms with Crippen molar-refractivity contribution in [3.05, 3.63) is 68.0 Å². The van der Waals surface area contributed by atoms with Crippen molar-refractivity contribution >= 4 is 56.4 Å². The first-order valence-corrected chi connectivity index (χ1v) is 8.52. The van der Waals surface area contributed by atoms with Crippen LogP contribution in [0.25, 0.3) is 0 Å². The van der Waals surface area contributed by atoms with Gasteiger partial charge in [0.15, 0.2) is 0 Å². The Hall–Kier alpha value is -2.78. The highest BCUT2D eigenvalue weighted by atomic mass is 79.9. The summed E-state index contributed by atoms with van der Waals surface area (Å²) in [6.45, 7) is 1.84. The zero-order valence-electron chi connectivity index (χ0n) is 13.4. The van der Waals surface area contributed by atoms with E-state index in [2.05, 4.69) is 41.5 Å². The van der Waals surface area contributed by atoms with Gasteiger partial charge in [0.2, 0.25) is 11.6 Å². The Kier molecular flexibility index (Phi) is 5.29. The molecule has 0 bridgehead atoms. The van der Waals surface area contributed by atoms with Crippen LogP contribution in [0.1, 0.15) is 5.56 Å². The summed E-state index contributed by atoms with van der Waals surface area (Å²) in [6, 6.07) is 8.61. The first kappa shape index (κ1) is 18.0. The molecular formula is C16H12BrClN6O2. The van der Waals surface area contributed by atoms with Gasteiger partial charge in [-0.05, 0) is 58.7 Å². The number of aromatic nitrogens is 3. The summed E-state index contributed by atoms with van der Waals surface area (Å²) in [7, 11) is 0. The standard InChI is InChI=1S/C16H12BrClN6O2/c1-9-6-11(18)3-4-12(9)22-15-14(24(25)26)16(21-8-20-15)23-13-5-2-10(17)7-19-13/h2-8H,1H3,(H2,19,20,21,22,23). The lowest BCUT2D eigenvalue weighted by atomic mass is 10.2. The van der Waals surface area contributed by atoms with Gasteiger partial charge in [0, 0.05) is 21.4 Å². The summed E-state index contributed by atoms with van der Waals surface area (Å²) in [5.41, 5.74) is 1.20. The lowest BCUT2D eigenvalue weighted by Gasteiger charge is -2.11. The fourth-order valence-electron chi connectivity index (χ4n) is 2.20. The molecule has 0 radical (unpaired) electrons. The normalized spacial score (nSPS) is 10.4. The second-order valence-corrected chi connectivity index (χ2v) is 6.60. The number of anilines is 4. The number of rotatable bonds is 5. The van der Waals surface area contributed by atoms with Crippen LogP contribution in [0.15, 0.2) is 47.3 Å². The molecule has 8 nitrogen and oxygen atoms in total. The van der Waals surface area contributed by atoms with Crippen molar-refractivity contribution in [2.24, 2.45) is 0 Å². The van der Waals surface area contributed by atoms with Crippen molar-refractivity contribution in [3.8, 4) is 0 Å². The highest BCUT2D eigenvalue weighted by Crippen LogP contribution is 2.33. The maximum Gasteiger partial charge on any atom is 0.353 e. The highest BCUT2D eigenvalue weighted by Gasteiger charge is 2.24. The molecule has 10 heteroatoms. The number of nitrogens with one attached hydrogen (secondary N) is 2. The van der Waals surface area contributed by atoms with Gasteiger partial charge in [-0.2, -0.15) is 0 Å². The summed E-state index contributed by atoms with van der Waals surface area (Å²) in [6.07, 6.45) is 2.81. The number of nitro groups is 1. The highest BCUT2D eigenvalue weighted by molar-refractivity contribution is 9.10. The number of nitrogens with zero attached hydrogens (tertiary/aromatic N) is 4. The smallest absolute Gasteiger partial charge is 0.334 e. The average molecular weight is 436 g/mol. The van der Waals surface area contributed by atoms with E-state index in [-0.39, 0.29) is 17.3 Å². The molecule has 0 atom stereocenters. The molecule has 0 aliphatic carbocycles. The van der Waals surface area contributed by atoms with E-state index in [1.165, 1.54) is 6.33 Å². The lowest BCUT2D eigenvalue weighted by Crippen LogP contribution is -2.06.